The zero-order valence-electron chi connectivity index (χ0n) is 16.2. The van der Waals surface area contributed by atoms with Gasteiger partial charge in [-0.3, -0.25) is 9.59 Å². The van der Waals surface area contributed by atoms with Crippen molar-refractivity contribution in [1.82, 2.24) is 15.1 Å². The number of likely N-dealkylation sites (tertiary alicyclic amines) is 1. The maximum absolute atomic E-state index is 14.3. The molecule has 2 aromatic carbocycles. The van der Waals surface area contributed by atoms with Crippen molar-refractivity contribution in [2.75, 3.05) is 19.7 Å². The number of ether oxygens (including phenoxy) is 1. The van der Waals surface area contributed by atoms with Crippen molar-refractivity contribution in [2.24, 2.45) is 0 Å². The number of benzene rings is 2. The molecule has 1 aliphatic heterocycles. The van der Waals surface area contributed by atoms with Gasteiger partial charge in [-0.2, -0.15) is 5.10 Å². The number of hydrogen-bond donors (Lipinski definition) is 1. The summed E-state index contributed by atoms with van der Waals surface area (Å²) < 4.78 is 19.9. The number of H-pyrrole nitrogens is 1. The first kappa shape index (κ1) is 19.3. The van der Waals surface area contributed by atoms with E-state index in [1.807, 2.05) is 19.1 Å². The van der Waals surface area contributed by atoms with Gasteiger partial charge in [0.05, 0.1) is 22.7 Å². The van der Waals surface area contributed by atoms with E-state index in [0.717, 1.165) is 17.4 Å². The Hall–Kier alpha value is -3.06. The molecule has 150 valence electrons. The topological polar surface area (TPSA) is 75.3 Å². The Morgan fingerprint density at radius 1 is 1.24 bits per heavy atom. The van der Waals surface area contributed by atoms with Crippen LogP contribution >= 0.6 is 0 Å². The van der Waals surface area contributed by atoms with E-state index in [1.54, 1.807) is 29.2 Å². The van der Waals surface area contributed by atoms with Crippen LogP contribution < -0.4 is 5.56 Å². The molecule has 1 N–H and O–H groups in total. The van der Waals surface area contributed by atoms with Crippen LogP contribution in [0.2, 0.25) is 0 Å². The fourth-order valence-electron chi connectivity index (χ4n) is 3.51. The fourth-order valence-corrected chi connectivity index (χ4v) is 3.51. The number of nitrogens with one attached hydrogen (secondary N) is 1. The monoisotopic (exact) mass is 395 g/mol. The summed E-state index contributed by atoms with van der Waals surface area (Å²) >= 11 is 0. The lowest BCUT2D eigenvalue weighted by molar-refractivity contribution is -0.0422. The molecule has 0 bridgehead atoms. The number of carbonyl (C=O) groups is 1. The molecule has 0 saturated carbocycles. The van der Waals surface area contributed by atoms with Gasteiger partial charge in [0.2, 0.25) is 0 Å². The van der Waals surface area contributed by atoms with Crippen LogP contribution in [0.5, 0.6) is 0 Å². The molecule has 0 atom stereocenters. The number of aromatic nitrogens is 2. The van der Waals surface area contributed by atoms with Crippen molar-refractivity contribution in [2.45, 2.75) is 25.9 Å². The van der Waals surface area contributed by atoms with Gasteiger partial charge in [-0.05, 0) is 30.2 Å². The van der Waals surface area contributed by atoms with Crippen LogP contribution in [0.15, 0.2) is 47.3 Å². The molecule has 0 radical (unpaired) electrons. The van der Waals surface area contributed by atoms with Gasteiger partial charge in [-0.1, -0.05) is 31.2 Å². The predicted molar refractivity (Wildman–Crippen MR) is 108 cm³/mol. The van der Waals surface area contributed by atoms with E-state index < -0.39 is 5.82 Å². The van der Waals surface area contributed by atoms with E-state index in [9.17, 15) is 14.0 Å². The lowest BCUT2D eigenvalue weighted by Crippen LogP contribution is -2.55. The SMILES string of the molecule is CCCOC1CN(C(=O)c2cc(Cc3n[nH]c(=O)c4ccccc34)ccc2F)C1. The molecule has 0 unspecified atom stereocenters. The Kier molecular flexibility index (Phi) is 5.40. The number of rotatable bonds is 6. The molecule has 1 aliphatic rings. The van der Waals surface area contributed by atoms with Gasteiger partial charge in [0.1, 0.15) is 5.82 Å². The molecule has 3 aromatic rings. The molecular weight excluding hydrogens is 373 g/mol. The normalized spacial score (nSPS) is 14.2. The summed E-state index contributed by atoms with van der Waals surface area (Å²) in [5.41, 5.74) is 1.21. The van der Waals surface area contributed by atoms with Gasteiger partial charge < -0.3 is 9.64 Å². The Balaban J connectivity index is 1.55. The van der Waals surface area contributed by atoms with Crippen LogP contribution in [0.3, 0.4) is 0 Å². The van der Waals surface area contributed by atoms with Crippen molar-refractivity contribution < 1.29 is 13.9 Å². The number of carbonyl (C=O) groups excluding carboxylic acids is 1. The third kappa shape index (κ3) is 3.91. The molecule has 0 aliphatic carbocycles. The van der Waals surface area contributed by atoms with E-state index >= 15 is 0 Å². The summed E-state index contributed by atoms with van der Waals surface area (Å²) in [7, 11) is 0. The van der Waals surface area contributed by atoms with Gasteiger partial charge >= 0.3 is 0 Å². The smallest absolute Gasteiger partial charge is 0.272 e. The summed E-state index contributed by atoms with van der Waals surface area (Å²) in [4.78, 5) is 26.2. The van der Waals surface area contributed by atoms with Gasteiger partial charge in [-0.25, -0.2) is 9.49 Å². The highest BCUT2D eigenvalue weighted by molar-refractivity contribution is 5.95. The molecule has 1 saturated heterocycles. The second-order valence-corrected chi connectivity index (χ2v) is 7.24. The Bertz CT molecular complexity index is 1110. The lowest BCUT2D eigenvalue weighted by Gasteiger charge is -2.39. The average Bonchev–Trinajstić information content (AvgIpc) is 2.70. The molecule has 2 heterocycles. The minimum atomic E-state index is -0.545. The van der Waals surface area contributed by atoms with Crippen molar-refractivity contribution in [3.05, 3.63) is 75.5 Å². The van der Waals surface area contributed by atoms with Crippen LogP contribution in [0.4, 0.5) is 4.39 Å². The van der Waals surface area contributed by atoms with E-state index in [2.05, 4.69) is 10.2 Å². The van der Waals surface area contributed by atoms with Crippen LogP contribution in [0.25, 0.3) is 10.8 Å². The molecule has 4 rings (SSSR count). The molecule has 1 amide bonds. The highest BCUT2D eigenvalue weighted by Crippen LogP contribution is 2.22. The summed E-state index contributed by atoms with van der Waals surface area (Å²) in [6.07, 6.45) is 1.33. The Morgan fingerprint density at radius 3 is 2.76 bits per heavy atom. The second kappa shape index (κ2) is 8.13. The number of fused-ring (bicyclic) bond motifs is 1. The zero-order chi connectivity index (χ0) is 20.4. The van der Waals surface area contributed by atoms with Crippen LogP contribution in [-0.4, -0.2) is 46.8 Å². The average molecular weight is 395 g/mol. The summed E-state index contributed by atoms with van der Waals surface area (Å²) in [6.45, 7) is 3.66. The first-order valence-corrected chi connectivity index (χ1v) is 9.72. The maximum Gasteiger partial charge on any atom is 0.272 e. The van der Waals surface area contributed by atoms with Crippen molar-refractivity contribution in [3.8, 4) is 0 Å². The molecule has 7 heteroatoms. The molecule has 1 aromatic heterocycles. The predicted octanol–water partition coefficient (Wildman–Crippen LogP) is 2.90. The van der Waals surface area contributed by atoms with Crippen LogP contribution in [-0.2, 0) is 11.2 Å². The van der Waals surface area contributed by atoms with Crippen LogP contribution in [0, 0.1) is 5.82 Å². The summed E-state index contributed by atoms with van der Waals surface area (Å²) in [5.74, 6) is -0.879. The number of nitrogens with zero attached hydrogens (tertiary/aromatic N) is 2. The first-order valence-electron chi connectivity index (χ1n) is 9.72. The van der Waals surface area contributed by atoms with E-state index in [4.69, 9.17) is 4.74 Å². The quantitative estimate of drug-likeness (QED) is 0.696. The molecule has 6 nitrogen and oxygen atoms in total. The van der Waals surface area contributed by atoms with E-state index in [-0.39, 0.29) is 23.1 Å². The largest absolute Gasteiger partial charge is 0.375 e. The van der Waals surface area contributed by atoms with Crippen molar-refractivity contribution in [1.29, 1.82) is 0 Å². The van der Waals surface area contributed by atoms with Gasteiger partial charge in [0.25, 0.3) is 11.5 Å². The minimum Gasteiger partial charge on any atom is -0.375 e. The first-order chi connectivity index (χ1) is 14.1. The number of aromatic amines is 1. The number of amides is 1. The summed E-state index contributed by atoms with van der Waals surface area (Å²) in [6, 6.07) is 11.7. The van der Waals surface area contributed by atoms with E-state index in [1.165, 1.54) is 6.07 Å². The maximum atomic E-state index is 14.3. The Morgan fingerprint density at radius 2 is 2.00 bits per heavy atom. The van der Waals surface area contributed by atoms with Gasteiger partial charge in [-0.15, -0.1) is 0 Å². The second-order valence-electron chi connectivity index (χ2n) is 7.24. The molecule has 0 spiro atoms. The Labute approximate surface area is 167 Å². The van der Waals surface area contributed by atoms with Crippen molar-refractivity contribution in [3.63, 3.8) is 0 Å². The van der Waals surface area contributed by atoms with Crippen LogP contribution in [0.1, 0.15) is 35.0 Å². The third-order valence-electron chi connectivity index (χ3n) is 5.10. The minimum absolute atomic E-state index is 0.0295. The highest BCUT2D eigenvalue weighted by atomic mass is 19.1. The van der Waals surface area contributed by atoms with Crippen molar-refractivity contribution >= 4 is 16.7 Å². The van der Waals surface area contributed by atoms with Gasteiger partial charge in [0.15, 0.2) is 0 Å². The molecule has 1 fully saturated rings. The van der Waals surface area contributed by atoms with E-state index in [0.29, 0.717) is 37.2 Å². The summed E-state index contributed by atoms with van der Waals surface area (Å²) in [5, 5.41) is 7.95. The lowest BCUT2D eigenvalue weighted by atomic mass is 10.0. The zero-order valence-corrected chi connectivity index (χ0v) is 16.2. The van der Waals surface area contributed by atoms with Gasteiger partial charge in [0, 0.05) is 31.5 Å². The molecule has 29 heavy (non-hydrogen) atoms. The molecular formula is C22H22FN3O3. The standard InChI is InChI=1S/C22H22FN3O3/c1-2-9-29-15-12-26(13-15)22(28)18-10-14(7-8-19(18)23)11-20-16-5-3-4-6-17(16)21(27)25-24-20/h3-8,10,15H,2,9,11-13H2,1H3,(H,25,27). The number of hydrogen-bond acceptors (Lipinski definition) is 4. The fraction of sp³-hybridized carbons (Fsp3) is 0.318. The number of halogens is 1. The highest BCUT2D eigenvalue weighted by Gasteiger charge is 2.32. The third-order valence-corrected chi connectivity index (χ3v) is 5.10.